The largest absolute Gasteiger partial charge is 0.497 e. The number of carbonyl (C=O) groups excluding carboxylic acids is 2. The number of amides is 2. The number of hydrogen-bond donors (Lipinski definition) is 1. The van der Waals surface area contributed by atoms with Gasteiger partial charge in [-0.3, -0.25) is 9.59 Å². The summed E-state index contributed by atoms with van der Waals surface area (Å²) in [6.45, 7) is 0.839. The molecule has 2 aliphatic heterocycles. The zero-order valence-electron chi connectivity index (χ0n) is 13.8. The van der Waals surface area contributed by atoms with E-state index in [1.807, 2.05) is 6.07 Å². The number of carbonyl (C=O) groups is 2. The number of ether oxygens (including phenoxy) is 2. The van der Waals surface area contributed by atoms with E-state index in [2.05, 4.69) is 5.32 Å². The predicted molar refractivity (Wildman–Crippen MR) is 90.8 cm³/mol. The highest BCUT2D eigenvalue weighted by molar-refractivity contribution is 5.99. The fourth-order valence-electron chi connectivity index (χ4n) is 3.31. The fraction of sp³-hybridized carbons (Fsp3) is 0.263. The third kappa shape index (κ3) is 2.69. The first-order valence-electron chi connectivity index (χ1n) is 8.14. The van der Waals surface area contributed by atoms with Gasteiger partial charge in [-0.15, -0.1) is 0 Å². The number of fused-ring (bicyclic) bond motifs is 1. The van der Waals surface area contributed by atoms with Crippen molar-refractivity contribution in [2.24, 2.45) is 0 Å². The molecular weight excluding hydrogens is 320 g/mol. The molecule has 1 saturated heterocycles. The van der Waals surface area contributed by atoms with Crippen LogP contribution in [0.15, 0.2) is 48.5 Å². The van der Waals surface area contributed by atoms with Crippen LogP contribution in [0.5, 0.6) is 11.5 Å². The summed E-state index contributed by atoms with van der Waals surface area (Å²) in [5, 5.41) is 2.93. The second-order valence-corrected chi connectivity index (χ2v) is 6.25. The van der Waals surface area contributed by atoms with Gasteiger partial charge in [0.1, 0.15) is 11.5 Å². The van der Waals surface area contributed by atoms with Gasteiger partial charge < -0.3 is 19.7 Å². The normalized spacial score (nSPS) is 21.5. The molecule has 1 N–H and O–H groups in total. The Morgan fingerprint density at radius 2 is 1.96 bits per heavy atom. The van der Waals surface area contributed by atoms with Crippen LogP contribution in [0.4, 0.5) is 0 Å². The lowest BCUT2D eigenvalue weighted by Crippen LogP contribution is -2.57. The number of hydrogen-bond acceptors (Lipinski definition) is 4. The molecule has 1 spiro atoms. The van der Waals surface area contributed by atoms with E-state index in [0.717, 1.165) is 0 Å². The lowest BCUT2D eigenvalue weighted by Gasteiger charge is -2.35. The van der Waals surface area contributed by atoms with Gasteiger partial charge in [0.05, 0.1) is 19.2 Å². The van der Waals surface area contributed by atoms with Crippen LogP contribution in [-0.2, 0) is 0 Å². The third-order valence-corrected chi connectivity index (χ3v) is 4.63. The van der Waals surface area contributed by atoms with Crippen molar-refractivity contribution in [3.63, 3.8) is 0 Å². The average molecular weight is 338 g/mol. The van der Waals surface area contributed by atoms with E-state index in [1.54, 1.807) is 54.5 Å². The van der Waals surface area contributed by atoms with E-state index in [9.17, 15) is 9.59 Å². The summed E-state index contributed by atoms with van der Waals surface area (Å²) in [5.74, 6) is 1.01. The zero-order valence-corrected chi connectivity index (χ0v) is 13.8. The van der Waals surface area contributed by atoms with Gasteiger partial charge >= 0.3 is 0 Å². The van der Waals surface area contributed by atoms with Gasteiger partial charge in [-0.25, -0.2) is 0 Å². The van der Waals surface area contributed by atoms with Crippen molar-refractivity contribution >= 4 is 11.8 Å². The first kappa shape index (κ1) is 15.5. The lowest BCUT2D eigenvalue weighted by molar-refractivity contribution is 0.0240. The Morgan fingerprint density at radius 3 is 2.72 bits per heavy atom. The van der Waals surface area contributed by atoms with Gasteiger partial charge in [-0.2, -0.15) is 0 Å². The van der Waals surface area contributed by atoms with Crippen LogP contribution < -0.4 is 14.8 Å². The summed E-state index contributed by atoms with van der Waals surface area (Å²) in [6, 6.07) is 14.1. The molecular formula is C19H18N2O4. The van der Waals surface area contributed by atoms with Gasteiger partial charge in [-0.1, -0.05) is 12.1 Å². The van der Waals surface area contributed by atoms with Crippen molar-refractivity contribution in [2.45, 2.75) is 12.1 Å². The van der Waals surface area contributed by atoms with E-state index in [-0.39, 0.29) is 11.8 Å². The Balaban J connectivity index is 1.53. The minimum Gasteiger partial charge on any atom is -0.497 e. The van der Waals surface area contributed by atoms with Crippen LogP contribution in [0.2, 0.25) is 0 Å². The first-order chi connectivity index (χ1) is 12.1. The first-order valence-corrected chi connectivity index (χ1v) is 8.14. The van der Waals surface area contributed by atoms with Gasteiger partial charge in [0.15, 0.2) is 0 Å². The summed E-state index contributed by atoms with van der Waals surface area (Å²) in [7, 11) is 1.59. The van der Waals surface area contributed by atoms with E-state index in [0.29, 0.717) is 42.1 Å². The summed E-state index contributed by atoms with van der Waals surface area (Å²) in [4.78, 5) is 26.8. The molecule has 6 heteroatoms. The molecule has 2 amide bonds. The minimum atomic E-state index is -0.854. The minimum absolute atomic E-state index is 0.0868. The Hall–Kier alpha value is -3.02. The maximum atomic E-state index is 12.7. The van der Waals surface area contributed by atoms with Crippen LogP contribution in [0.1, 0.15) is 27.1 Å². The van der Waals surface area contributed by atoms with Gasteiger partial charge in [0, 0.05) is 18.5 Å². The van der Waals surface area contributed by atoms with Crippen LogP contribution in [-0.4, -0.2) is 42.6 Å². The van der Waals surface area contributed by atoms with Crippen molar-refractivity contribution in [1.29, 1.82) is 0 Å². The number of para-hydroxylation sites is 1. The van der Waals surface area contributed by atoms with Gasteiger partial charge in [0.25, 0.3) is 11.8 Å². The predicted octanol–water partition coefficient (Wildman–Crippen LogP) is 2.06. The number of rotatable bonds is 2. The Kier molecular flexibility index (Phi) is 3.60. The smallest absolute Gasteiger partial charge is 0.258 e. The number of benzene rings is 2. The van der Waals surface area contributed by atoms with Crippen molar-refractivity contribution < 1.29 is 19.1 Å². The maximum Gasteiger partial charge on any atom is 0.258 e. The summed E-state index contributed by atoms with van der Waals surface area (Å²) in [6.07, 6.45) is 0.551. The number of nitrogens with zero attached hydrogens (tertiary/aromatic N) is 1. The highest BCUT2D eigenvalue weighted by atomic mass is 16.5. The highest BCUT2D eigenvalue weighted by Crippen LogP contribution is 2.33. The molecule has 4 rings (SSSR count). The highest BCUT2D eigenvalue weighted by Gasteiger charge is 2.46. The van der Waals surface area contributed by atoms with Crippen molar-refractivity contribution in [3.05, 3.63) is 59.7 Å². The number of likely N-dealkylation sites (tertiary alicyclic amines) is 1. The van der Waals surface area contributed by atoms with Crippen LogP contribution in [0.3, 0.4) is 0 Å². The molecule has 1 unspecified atom stereocenters. The van der Waals surface area contributed by atoms with Gasteiger partial charge in [0.2, 0.25) is 5.72 Å². The second kappa shape index (κ2) is 5.81. The quantitative estimate of drug-likeness (QED) is 0.910. The van der Waals surface area contributed by atoms with Crippen molar-refractivity contribution in [1.82, 2.24) is 10.2 Å². The lowest BCUT2D eigenvalue weighted by atomic mass is 10.1. The monoisotopic (exact) mass is 338 g/mol. The SMILES string of the molecule is COc1ccc(C(=O)N2CCC3(C2)NC(=O)c2ccccc2O3)cc1. The van der Waals surface area contributed by atoms with E-state index < -0.39 is 5.72 Å². The topological polar surface area (TPSA) is 67.9 Å². The molecule has 0 aliphatic carbocycles. The van der Waals surface area contributed by atoms with Crippen molar-refractivity contribution in [2.75, 3.05) is 20.2 Å². The molecule has 0 bridgehead atoms. The van der Waals surface area contributed by atoms with Crippen LogP contribution in [0.25, 0.3) is 0 Å². The molecule has 1 fully saturated rings. The average Bonchev–Trinajstić information content (AvgIpc) is 3.04. The molecule has 2 aliphatic rings. The molecule has 0 saturated carbocycles. The van der Waals surface area contributed by atoms with E-state index in [1.165, 1.54) is 0 Å². The molecule has 2 aromatic rings. The Bertz CT molecular complexity index is 834. The molecule has 128 valence electrons. The second-order valence-electron chi connectivity index (χ2n) is 6.25. The molecule has 6 nitrogen and oxygen atoms in total. The molecule has 0 radical (unpaired) electrons. The molecule has 1 atom stereocenters. The van der Waals surface area contributed by atoms with Crippen LogP contribution >= 0.6 is 0 Å². The molecule has 25 heavy (non-hydrogen) atoms. The fourth-order valence-corrected chi connectivity index (χ4v) is 3.31. The zero-order chi connectivity index (χ0) is 17.4. The molecule has 0 aromatic heterocycles. The summed E-state index contributed by atoms with van der Waals surface area (Å²) < 4.78 is 11.2. The van der Waals surface area contributed by atoms with Crippen molar-refractivity contribution in [3.8, 4) is 11.5 Å². The number of nitrogens with one attached hydrogen (secondary N) is 1. The Labute approximate surface area is 145 Å². The van der Waals surface area contributed by atoms with Gasteiger partial charge in [-0.05, 0) is 36.4 Å². The molecule has 2 aromatic carbocycles. The Morgan fingerprint density at radius 1 is 1.20 bits per heavy atom. The van der Waals surface area contributed by atoms with Crippen LogP contribution in [0, 0.1) is 0 Å². The third-order valence-electron chi connectivity index (χ3n) is 4.63. The standard InChI is InChI=1S/C19H18N2O4/c1-24-14-8-6-13(7-9-14)18(23)21-11-10-19(12-21)20-17(22)15-4-2-3-5-16(15)25-19/h2-9H,10-12H2,1H3,(H,20,22). The summed E-state index contributed by atoms with van der Waals surface area (Å²) >= 11 is 0. The maximum absolute atomic E-state index is 12.7. The van der Waals surface area contributed by atoms with E-state index >= 15 is 0 Å². The number of methoxy groups -OCH3 is 1. The summed E-state index contributed by atoms with van der Waals surface area (Å²) in [5.41, 5.74) is 0.251. The molecule has 2 heterocycles. The van der Waals surface area contributed by atoms with E-state index in [4.69, 9.17) is 9.47 Å².